The Bertz CT molecular complexity index is 1390. The Morgan fingerprint density at radius 3 is 2.41 bits per heavy atom. The minimum Gasteiger partial charge on any atom is -0.325 e. The van der Waals surface area contributed by atoms with Crippen molar-refractivity contribution in [1.29, 1.82) is 0 Å². The second-order valence-corrected chi connectivity index (χ2v) is 11.0. The third-order valence-electron chi connectivity index (χ3n) is 6.94. The van der Waals surface area contributed by atoms with Crippen LogP contribution in [0.5, 0.6) is 0 Å². The minimum atomic E-state index is -3.56. The second kappa shape index (κ2) is 9.01. The van der Waals surface area contributed by atoms with Gasteiger partial charge < -0.3 is 15.3 Å². The number of rotatable bonds is 5. The Hall–Kier alpha value is -2.95. The maximum Gasteiger partial charge on any atom is 0.323 e. The van der Waals surface area contributed by atoms with Gasteiger partial charge in [0.25, 0.3) is 0 Å². The largest absolute Gasteiger partial charge is 0.325 e. The highest BCUT2D eigenvalue weighted by Gasteiger charge is 2.32. The first-order valence-corrected chi connectivity index (χ1v) is 13.1. The molecule has 1 aromatic heterocycles. The molecule has 34 heavy (non-hydrogen) atoms. The summed E-state index contributed by atoms with van der Waals surface area (Å²) in [5, 5.41) is 2.89. The van der Waals surface area contributed by atoms with Crippen LogP contribution < -0.4 is 11.0 Å². The van der Waals surface area contributed by atoms with E-state index in [1.165, 1.54) is 9.87 Å². The highest BCUT2D eigenvalue weighted by atomic mass is 32.2. The van der Waals surface area contributed by atoms with E-state index in [4.69, 9.17) is 0 Å². The average Bonchev–Trinajstić information content (AvgIpc) is 3.22. The zero-order chi connectivity index (χ0) is 23.9. The van der Waals surface area contributed by atoms with Crippen LogP contribution in [0, 0.1) is 0 Å². The summed E-state index contributed by atoms with van der Waals surface area (Å²) in [4.78, 5) is 32.0. The van der Waals surface area contributed by atoms with Crippen LogP contribution in [0.1, 0.15) is 30.9 Å². The summed E-state index contributed by atoms with van der Waals surface area (Å²) >= 11 is 0. The normalized spacial score (nSPS) is 18.5. The van der Waals surface area contributed by atoms with E-state index in [0.29, 0.717) is 47.8 Å². The third kappa shape index (κ3) is 4.40. The third-order valence-corrected chi connectivity index (χ3v) is 8.84. The standard InChI is InChI=1S/C24H29N5O4S/c1-16(23(30)25-19-7-9-21-22(15-19)27-24(31)26-21)28-10-12-29(13-11-28)34(32,33)20-8-6-17-4-2-3-5-18(17)14-20/h6-9,14-16H,2-5,10-13H2,1H3,(H,25,30)(H2,26,27,31)/t16-/m1/s1. The summed E-state index contributed by atoms with van der Waals surface area (Å²) in [6.45, 7) is 3.45. The highest BCUT2D eigenvalue weighted by Crippen LogP contribution is 2.26. The van der Waals surface area contributed by atoms with Gasteiger partial charge in [0.05, 0.1) is 22.0 Å². The molecule has 1 atom stereocenters. The van der Waals surface area contributed by atoms with Crippen LogP contribution in [0.2, 0.25) is 0 Å². The summed E-state index contributed by atoms with van der Waals surface area (Å²) in [6.07, 6.45) is 4.22. The van der Waals surface area contributed by atoms with Gasteiger partial charge in [-0.1, -0.05) is 6.07 Å². The highest BCUT2D eigenvalue weighted by molar-refractivity contribution is 7.89. The number of nitrogens with one attached hydrogen (secondary N) is 3. The lowest BCUT2D eigenvalue weighted by molar-refractivity contribution is -0.121. The molecule has 2 aromatic carbocycles. The van der Waals surface area contributed by atoms with Crippen molar-refractivity contribution in [2.75, 3.05) is 31.5 Å². The van der Waals surface area contributed by atoms with Crippen LogP contribution in [0.15, 0.2) is 46.1 Å². The maximum absolute atomic E-state index is 13.2. The first-order valence-electron chi connectivity index (χ1n) is 11.7. The van der Waals surface area contributed by atoms with Gasteiger partial charge in [-0.15, -0.1) is 0 Å². The van der Waals surface area contributed by atoms with Crippen LogP contribution in [0.25, 0.3) is 11.0 Å². The molecule has 0 unspecified atom stereocenters. The number of hydrogen-bond acceptors (Lipinski definition) is 5. The molecule has 1 amide bonds. The van der Waals surface area contributed by atoms with Crippen LogP contribution in [0.4, 0.5) is 5.69 Å². The average molecular weight is 484 g/mol. The predicted molar refractivity (Wildman–Crippen MR) is 130 cm³/mol. The number of carbonyl (C=O) groups excluding carboxylic acids is 1. The van der Waals surface area contributed by atoms with Crippen molar-refractivity contribution >= 4 is 32.7 Å². The van der Waals surface area contributed by atoms with Crippen molar-refractivity contribution in [3.8, 4) is 0 Å². The number of fused-ring (bicyclic) bond motifs is 2. The van der Waals surface area contributed by atoms with Crippen LogP contribution >= 0.6 is 0 Å². The number of aromatic nitrogens is 2. The summed E-state index contributed by atoms with van der Waals surface area (Å²) in [7, 11) is -3.56. The Balaban J connectivity index is 1.21. The van der Waals surface area contributed by atoms with E-state index >= 15 is 0 Å². The van der Waals surface area contributed by atoms with E-state index in [0.717, 1.165) is 31.2 Å². The van der Waals surface area contributed by atoms with Crippen LogP contribution in [-0.4, -0.2) is 65.7 Å². The number of amides is 1. The summed E-state index contributed by atoms with van der Waals surface area (Å²) in [6, 6.07) is 10.3. The van der Waals surface area contributed by atoms with E-state index in [1.54, 1.807) is 24.3 Å². The Kier molecular flexibility index (Phi) is 6.05. The molecule has 1 fully saturated rings. The molecule has 10 heteroatoms. The smallest absolute Gasteiger partial charge is 0.323 e. The molecule has 5 rings (SSSR count). The van der Waals surface area contributed by atoms with Gasteiger partial charge in [0.2, 0.25) is 15.9 Å². The topological polar surface area (TPSA) is 118 Å². The van der Waals surface area contributed by atoms with E-state index < -0.39 is 16.1 Å². The molecular weight excluding hydrogens is 454 g/mol. The van der Waals surface area contributed by atoms with E-state index in [9.17, 15) is 18.0 Å². The number of aryl methyl sites for hydroxylation is 2. The Morgan fingerprint density at radius 2 is 1.65 bits per heavy atom. The van der Waals surface area contributed by atoms with Gasteiger partial charge in [0, 0.05) is 31.9 Å². The molecule has 0 saturated carbocycles. The van der Waals surface area contributed by atoms with Crippen molar-refractivity contribution < 1.29 is 13.2 Å². The van der Waals surface area contributed by atoms with Crippen LogP contribution in [-0.2, 0) is 27.7 Å². The molecule has 3 aromatic rings. The number of aromatic amines is 2. The van der Waals surface area contributed by atoms with E-state index in [1.807, 2.05) is 24.0 Å². The van der Waals surface area contributed by atoms with Gasteiger partial charge in [-0.05, 0) is 74.1 Å². The monoisotopic (exact) mass is 483 g/mol. The van der Waals surface area contributed by atoms with Gasteiger partial charge in [0.15, 0.2) is 0 Å². The molecular formula is C24H29N5O4S. The number of carbonyl (C=O) groups is 1. The first kappa shape index (κ1) is 22.8. The number of benzene rings is 2. The zero-order valence-electron chi connectivity index (χ0n) is 19.1. The van der Waals surface area contributed by atoms with Gasteiger partial charge in [-0.25, -0.2) is 13.2 Å². The number of H-pyrrole nitrogens is 2. The first-order chi connectivity index (χ1) is 16.3. The van der Waals surface area contributed by atoms with Gasteiger partial charge in [0.1, 0.15) is 0 Å². The molecule has 1 saturated heterocycles. The van der Waals surface area contributed by atoms with E-state index in [-0.39, 0.29) is 11.6 Å². The minimum absolute atomic E-state index is 0.178. The summed E-state index contributed by atoms with van der Waals surface area (Å²) in [5.41, 5.74) is 4.00. The lowest BCUT2D eigenvalue weighted by atomic mass is 9.92. The Morgan fingerprint density at radius 1 is 0.941 bits per heavy atom. The number of sulfonamides is 1. The molecule has 1 aliphatic heterocycles. The number of imidazole rings is 1. The van der Waals surface area contributed by atoms with Crippen molar-refractivity contribution in [1.82, 2.24) is 19.2 Å². The van der Waals surface area contributed by atoms with E-state index in [2.05, 4.69) is 15.3 Å². The molecule has 9 nitrogen and oxygen atoms in total. The number of nitrogens with zero attached hydrogens (tertiary/aromatic N) is 2. The predicted octanol–water partition coefficient (Wildman–Crippen LogP) is 2.07. The summed E-state index contributed by atoms with van der Waals surface area (Å²) in [5.74, 6) is -0.178. The summed E-state index contributed by atoms with van der Waals surface area (Å²) < 4.78 is 28.0. The number of piperazine rings is 1. The fourth-order valence-electron chi connectivity index (χ4n) is 4.87. The van der Waals surface area contributed by atoms with Crippen molar-refractivity contribution in [2.24, 2.45) is 0 Å². The molecule has 1 aliphatic carbocycles. The SMILES string of the molecule is C[C@H](C(=O)Nc1ccc2[nH]c(=O)[nH]c2c1)N1CCN(S(=O)(=O)c2ccc3c(c2)CCCC3)CC1. The van der Waals surface area contributed by atoms with Gasteiger partial charge in [-0.2, -0.15) is 4.31 Å². The van der Waals surface area contributed by atoms with Crippen molar-refractivity contribution in [3.05, 3.63) is 58.0 Å². The quantitative estimate of drug-likeness (QED) is 0.513. The number of hydrogen-bond donors (Lipinski definition) is 3. The molecule has 3 N–H and O–H groups in total. The molecule has 180 valence electrons. The van der Waals surface area contributed by atoms with Crippen molar-refractivity contribution in [2.45, 2.75) is 43.5 Å². The maximum atomic E-state index is 13.2. The molecule has 2 aliphatic rings. The number of anilines is 1. The van der Waals surface area contributed by atoms with Gasteiger partial charge >= 0.3 is 5.69 Å². The molecule has 0 radical (unpaired) electrons. The Labute approximate surface area is 198 Å². The molecule has 0 bridgehead atoms. The fraction of sp³-hybridized carbons (Fsp3) is 0.417. The fourth-order valence-corrected chi connectivity index (χ4v) is 6.35. The molecule has 2 heterocycles. The zero-order valence-corrected chi connectivity index (χ0v) is 20.0. The lowest BCUT2D eigenvalue weighted by Gasteiger charge is -2.36. The van der Waals surface area contributed by atoms with Crippen molar-refractivity contribution in [3.63, 3.8) is 0 Å². The van der Waals surface area contributed by atoms with Gasteiger partial charge in [-0.3, -0.25) is 9.69 Å². The van der Waals surface area contributed by atoms with Crippen LogP contribution in [0.3, 0.4) is 0 Å². The molecule has 0 spiro atoms. The lowest BCUT2D eigenvalue weighted by Crippen LogP contribution is -2.53. The second-order valence-electron chi connectivity index (χ2n) is 9.08.